The summed E-state index contributed by atoms with van der Waals surface area (Å²) in [5, 5.41) is 9.69. The minimum Gasteiger partial charge on any atom is -0.393 e. The van der Waals surface area contributed by atoms with Crippen molar-refractivity contribution in [3.8, 4) is 0 Å². The van der Waals surface area contributed by atoms with Gasteiger partial charge in [0.1, 0.15) is 0 Å². The molecule has 0 radical (unpaired) electrons. The highest BCUT2D eigenvalue weighted by molar-refractivity contribution is 5.01. The highest BCUT2D eigenvalue weighted by Gasteiger charge is 2.45. The lowest BCUT2D eigenvalue weighted by Gasteiger charge is -2.47. The van der Waals surface area contributed by atoms with Crippen molar-refractivity contribution in [2.75, 3.05) is 6.54 Å². The lowest BCUT2D eigenvalue weighted by molar-refractivity contribution is -0.0174. The molecule has 3 heteroatoms. The minimum absolute atomic E-state index is 0.0719. The summed E-state index contributed by atoms with van der Waals surface area (Å²) < 4.78 is 0. The molecule has 3 N–H and O–H groups in total. The molecular formula is C11H22N2O. The van der Waals surface area contributed by atoms with Gasteiger partial charge in [-0.25, -0.2) is 0 Å². The molecule has 3 nitrogen and oxygen atoms in total. The average molecular weight is 198 g/mol. The molecule has 82 valence electrons. The van der Waals surface area contributed by atoms with Gasteiger partial charge in [0.2, 0.25) is 0 Å². The van der Waals surface area contributed by atoms with Gasteiger partial charge in [-0.05, 0) is 39.5 Å². The van der Waals surface area contributed by atoms with E-state index in [4.69, 9.17) is 5.73 Å². The molecule has 0 aromatic heterocycles. The summed E-state index contributed by atoms with van der Waals surface area (Å²) in [6.45, 7) is 5.14. The lowest BCUT2D eigenvalue weighted by atomic mass is 9.92. The Labute approximate surface area is 86.3 Å². The second-order valence-corrected chi connectivity index (χ2v) is 5.43. The van der Waals surface area contributed by atoms with Crippen LogP contribution >= 0.6 is 0 Å². The SMILES string of the molecule is CC(C)(CN)N1C2CCC1CC(O)C2. The first-order valence-corrected chi connectivity index (χ1v) is 5.71. The maximum Gasteiger partial charge on any atom is 0.0570 e. The van der Waals surface area contributed by atoms with Crippen molar-refractivity contribution in [1.29, 1.82) is 0 Å². The number of nitrogens with zero attached hydrogens (tertiary/aromatic N) is 1. The molecule has 0 aromatic carbocycles. The van der Waals surface area contributed by atoms with E-state index in [2.05, 4.69) is 18.7 Å². The molecule has 2 aliphatic heterocycles. The number of piperidine rings is 1. The number of hydrogen-bond acceptors (Lipinski definition) is 3. The molecule has 2 saturated heterocycles. The van der Waals surface area contributed by atoms with Crippen LogP contribution in [0.15, 0.2) is 0 Å². The normalized spacial score (nSPS) is 39.0. The van der Waals surface area contributed by atoms with Crippen molar-refractivity contribution in [3.63, 3.8) is 0 Å². The van der Waals surface area contributed by atoms with Crippen molar-refractivity contribution in [2.24, 2.45) is 5.73 Å². The Kier molecular flexibility index (Phi) is 2.58. The van der Waals surface area contributed by atoms with Crippen LogP contribution in [0.3, 0.4) is 0 Å². The van der Waals surface area contributed by atoms with E-state index < -0.39 is 0 Å². The number of rotatable bonds is 2. The summed E-state index contributed by atoms with van der Waals surface area (Å²) in [5.41, 5.74) is 5.92. The summed E-state index contributed by atoms with van der Waals surface area (Å²) >= 11 is 0. The number of aliphatic hydroxyl groups excluding tert-OH is 1. The van der Waals surface area contributed by atoms with Gasteiger partial charge in [-0.2, -0.15) is 0 Å². The van der Waals surface area contributed by atoms with E-state index in [-0.39, 0.29) is 11.6 Å². The van der Waals surface area contributed by atoms with E-state index in [1.54, 1.807) is 0 Å². The van der Waals surface area contributed by atoms with Gasteiger partial charge in [0.05, 0.1) is 6.10 Å². The van der Waals surface area contributed by atoms with Crippen LogP contribution in [0.25, 0.3) is 0 Å². The van der Waals surface area contributed by atoms with Crippen LogP contribution < -0.4 is 5.73 Å². The quantitative estimate of drug-likeness (QED) is 0.687. The fraction of sp³-hybridized carbons (Fsp3) is 1.00. The third kappa shape index (κ3) is 1.58. The van der Waals surface area contributed by atoms with Crippen molar-refractivity contribution in [3.05, 3.63) is 0 Å². The number of aliphatic hydroxyl groups is 1. The van der Waals surface area contributed by atoms with Gasteiger partial charge >= 0.3 is 0 Å². The smallest absolute Gasteiger partial charge is 0.0570 e. The predicted octanol–water partition coefficient (Wildman–Crippen LogP) is 0.711. The topological polar surface area (TPSA) is 49.5 Å². The van der Waals surface area contributed by atoms with Gasteiger partial charge in [-0.1, -0.05) is 0 Å². The van der Waals surface area contributed by atoms with Crippen molar-refractivity contribution in [2.45, 2.75) is 63.3 Å². The Hall–Kier alpha value is -0.120. The Morgan fingerprint density at radius 3 is 2.21 bits per heavy atom. The Bertz CT molecular complexity index is 203. The summed E-state index contributed by atoms with van der Waals surface area (Å²) in [6, 6.07) is 1.14. The van der Waals surface area contributed by atoms with Gasteiger partial charge in [0, 0.05) is 24.2 Å². The fourth-order valence-corrected chi connectivity index (χ4v) is 3.24. The molecular weight excluding hydrogens is 176 g/mol. The maximum atomic E-state index is 9.69. The second-order valence-electron chi connectivity index (χ2n) is 5.43. The largest absolute Gasteiger partial charge is 0.393 e. The van der Waals surface area contributed by atoms with E-state index in [1.807, 2.05) is 0 Å². The first-order valence-electron chi connectivity index (χ1n) is 5.71. The van der Waals surface area contributed by atoms with Gasteiger partial charge in [-0.15, -0.1) is 0 Å². The van der Waals surface area contributed by atoms with Crippen LogP contribution in [-0.4, -0.2) is 40.3 Å². The van der Waals surface area contributed by atoms with Gasteiger partial charge in [0.25, 0.3) is 0 Å². The molecule has 2 aliphatic rings. The van der Waals surface area contributed by atoms with Crippen molar-refractivity contribution < 1.29 is 5.11 Å². The molecule has 2 rings (SSSR count). The first-order chi connectivity index (χ1) is 6.54. The lowest BCUT2D eigenvalue weighted by Crippen LogP contribution is -2.58. The van der Waals surface area contributed by atoms with Crippen molar-refractivity contribution >= 4 is 0 Å². The monoisotopic (exact) mass is 198 g/mol. The highest BCUT2D eigenvalue weighted by atomic mass is 16.3. The maximum absolute atomic E-state index is 9.69. The molecule has 0 spiro atoms. The van der Waals surface area contributed by atoms with Crippen LogP contribution in [0.4, 0.5) is 0 Å². The van der Waals surface area contributed by atoms with Gasteiger partial charge < -0.3 is 10.8 Å². The highest BCUT2D eigenvalue weighted by Crippen LogP contribution is 2.40. The summed E-state index contributed by atoms with van der Waals surface area (Å²) in [6.07, 6.45) is 4.30. The standard InChI is InChI=1S/C11H22N2O/c1-11(2,7-12)13-8-3-4-9(13)6-10(14)5-8/h8-10,14H,3-7,12H2,1-2H3. The number of fused-ring (bicyclic) bond motifs is 2. The molecule has 2 atom stereocenters. The van der Waals surface area contributed by atoms with E-state index in [9.17, 15) is 5.11 Å². The zero-order chi connectivity index (χ0) is 10.3. The summed E-state index contributed by atoms with van der Waals surface area (Å²) in [5.74, 6) is 0. The van der Waals surface area contributed by atoms with Crippen LogP contribution in [0.1, 0.15) is 39.5 Å². The fourth-order valence-electron chi connectivity index (χ4n) is 3.24. The van der Waals surface area contributed by atoms with Crippen molar-refractivity contribution in [1.82, 2.24) is 4.90 Å². The van der Waals surface area contributed by atoms with Crippen LogP contribution in [0.2, 0.25) is 0 Å². The third-order valence-corrected chi connectivity index (χ3v) is 3.91. The molecule has 14 heavy (non-hydrogen) atoms. The number of hydrogen-bond donors (Lipinski definition) is 2. The molecule has 2 heterocycles. The molecule has 2 bridgehead atoms. The average Bonchev–Trinajstić information content (AvgIpc) is 2.40. The minimum atomic E-state index is -0.0719. The molecule has 0 aromatic rings. The summed E-state index contributed by atoms with van der Waals surface area (Å²) in [7, 11) is 0. The van der Waals surface area contributed by atoms with E-state index in [1.165, 1.54) is 12.8 Å². The van der Waals surface area contributed by atoms with Crippen LogP contribution in [0.5, 0.6) is 0 Å². The summed E-state index contributed by atoms with van der Waals surface area (Å²) in [4.78, 5) is 2.56. The molecule has 2 fully saturated rings. The predicted molar refractivity (Wildman–Crippen MR) is 57.0 cm³/mol. The molecule has 0 saturated carbocycles. The van der Waals surface area contributed by atoms with E-state index >= 15 is 0 Å². The molecule has 0 aliphatic carbocycles. The van der Waals surface area contributed by atoms with Crippen LogP contribution in [-0.2, 0) is 0 Å². The van der Waals surface area contributed by atoms with Gasteiger partial charge in [0.15, 0.2) is 0 Å². The zero-order valence-electron chi connectivity index (χ0n) is 9.24. The first kappa shape index (κ1) is 10.4. The van der Waals surface area contributed by atoms with Crippen LogP contribution in [0, 0.1) is 0 Å². The Balaban J connectivity index is 2.15. The Morgan fingerprint density at radius 2 is 1.79 bits per heavy atom. The second kappa shape index (κ2) is 3.47. The van der Waals surface area contributed by atoms with E-state index in [0.717, 1.165) is 12.8 Å². The zero-order valence-corrected chi connectivity index (χ0v) is 9.24. The van der Waals surface area contributed by atoms with E-state index in [0.29, 0.717) is 18.6 Å². The van der Waals surface area contributed by atoms with Gasteiger partial charge in [-0.3, -0.25) is 4.90 Å². The molecule has 2 unspecified atom stereocenters. The molecule has 0 amide bonds. The third-order valence-electron chi connectivity index (χ3n) is 3.91. The number of nitrogens with two attached hydrogens (primary N) is 1. The Morgan fingerprint density at radius 1 is 1.29 bits per heavy atom.